The van der Waals surface area contributed by atoms with Gasteiger partial charge >= 0.3 is 0 Å². The van der Waals surface area contributed by atoms with Crippen LogP contribution < -0.4 is 5.32 Å². The van der Waals surface area contributed by atoms with Crippen LogP contribution in [0.3, 0.4) is 0 Å². The van der Waals surface area contributed by atoms with Gasteiger partial charge < -0.3 is 10.3 Å². The molecule has 0 radical (unpaired) electrons. The lowest BCUT2D eigenvalue weighted by Gasteiger charge is -2.31. The first kappa shape index (κ1) is 16.5. The van der Waals surface area contributed by atoms with Crippen molar-refractivity contribution in [1.29, 1.82) is 0 Å². The van der Waals surface area contributed by atoms with Gasteiger partial charge in [-0.3, -0.25) is 9.69 Å². The number of amides is 1. The highest BCUT2D eigenvalue weighted by Gasteiger charge is 2.20. The van der Waals surface area contributed by atoms with E-state index in [0.717, 1.165) is 38.5 Å². The van der Waals surface area contributed by atoms with Gasteiger partial charge in [0.1, 0.15) is 5.82 Å². The SMILES string of the molecule is CC(=O)NCC1CCN(Cc2cnc(CC3CCCC3)[nH]2)CC1. The smallest absolute Gasteiger partial charge is 0.216 e. The number of nitrogens with one attached hydrogen (secondary N) is 2. The lowest BCUT2D eigenvalue weighted by atomic mass is 9.96. The van der Waals surface area contributed by atoms with E-state index in [-0.39, 0.29) is 5.91 Å². The predicted octanol–water partition coefficient (Wildman–Crippen LogP) is 2.49. The Morgan fingerprint density at radius 2 is 2.00 bits per heavy atom. The molecule has 0 spiro atoms. The number of rotatable bonds is 6. The second-order valence-corrected chi connectivity index (χ2v) is 7.37. The molecule has 2 N–H and O–H groups in total. The van der Waals surface area contributed by atoms with Gasteiger partial charge in [-0.1, -0.05) is 25.7 Å². The van der Waals surface area contributed by atoms with Gasteiger partial charge in [0.05, 0.1) is 0 Å². The molecule has 1 aliphatic carbocycles. The first-order valence-electron chi connectivity index (χ1n) is 9.18. The zero-order valence-corrected chi connectivity index (χ0v) is 14.3. The van der Waals surface area contributed by atoms with Crippen molar-refractivity contribution in [2.75, 3.05) is 19.6 Å². The normalized spacial score (nSPS) is 20.9. The molecule has 5 nitrogen and oxygen atoms in total. The predicted molar refractivity (Wildman–Crippen MR) is 90.9 cm³/mol. The Hall–Kier alpha value is -1.36. The Balaban J connectivity index is 1.40. The van der Waals surface area contributed by atoms with Gasteiger partial charge in [-0.05, 0) is 37.8 Å². The summed E-state index contributed by atoms with van der Waals surface area (Å²) in [4.78, 5) is 21.6. The fourth-order valence-electron chi connectivity index (χ4n) is 3.96. The number of aromatic nitrogens is 2. The summed E-state index contributed by atoms with van der Waals surface area (Å²) in [5, 5.41) is 2.94. The maximum Gasteiger partial charge on any atom is 0.216 e. The van der Waals surface area contributed by atoms with Crippen LogP contribution in [0.1, 0.15) is 57.0 Å². The van der Waals surface area contributed by atoms with Crippen molar-refractivity contribution in [1.82, 2.24) is 20.2 Å². The number of imidazole rings is 1. The van der Waals surface area contributed by atoms with E-state index in [1.165, 1.54) is 50.0 Å². The van der Waals surface area contributed by atoms with Crippen LogP contribution in [0, 0.1) is 11.8 Å². The van der Waals surface area contributed by atoms with Gasteiger partial charge in [0.25, 0.3) is 0 Å². The van der Waals surface area contributed by atoms with Gasteiger partial charge in [-0.15, -0.1) is 0 Å². The van der Waals surface area contributed by atoms with Crippen molar-refractivity contribution >= 4 is 5.91 Å². The number of hydrogen-bond acceptors (Lipinski definition) is 3. The summed E-state index contributed by atoms with van der Waals surface area (Å²) < 4.78 is 0. The molecule has 1 amide bonds. The van der Waals surface area contributed by atoms with Crippen molar-refractivity contribution in [3.8, 4) is 0 Å². The Morgan fingerprint density at radius 3 is 2.70 bits per heavy atom. The Morgan fingerprint density at radius 1 is 1.26 bits per heavy atom. The van der Waals surface area contributed by atoms with Crippen LogP contribution >= 0.6 is 0 Å². The molecule has 0 unspecified atom stereocenters. The van der Waals surface area contributed by atoms with E-state index in [4.69, 9.17) is 0 Å². The van der Waals surface area contributed by atoms with E-state index >= 15 is 0 Å². The number of carbonyl (C=O) groups excluding carboxylic acids is 1. The zero-order chi connectivity index (χ0) is 16.1. The summed E-state index contributed by atoms with van der Waals surface area (Å²) in [7, 11) is 0. The van der Waals surface area contributed by atoms with E-state index in [1.807, 2.05) is 6.20 Å². The van der Waals surface area contributed by atoms with E-state index in [9.17, 15) is 4.79 Å². The highest BCUT2D eigenvalue weighted by atomic mass is 16.1. The summed E-state index contributed by atoms with van der Waals surface area (Å²) in [6.45, 7) is 5.63. The fraction of sp³-hybridized carbons (Fsp3) is 0.778. The van der Waals surface area contributed by atoms with Crippen LogP contribution in [0.2, 0.25) is 0 Å². The van der Waals surface area contributed by atoms with Crippen LogP contribution in [0.5, 0.6) is 0 Å². The van der Waals surface area contributed by atoms with E-state index in [0.29, 0.717) is 5.92 Å². The van der Waals surface area contributed by atoms with E-state index in [1.54, 1.807) is 6.92 Å². The molecule has 2 fully saturated rings. The third kappa shape index (κ3) is 5.06. The maximum atomic E-state index is 11.0. The molecule has 1 aliphatic heterocycles. The Bertz CT molecular complexity index is 499. The maximum absolute atomic E-state index is 11.0. The van der Waals surface area contributed by atoms with Crippen LogP contribution in [0.15, 0.2) is 6.20 Å². The second-order valence-electron chi connectivity index (χ2n) is 7.37. The summed E-state index contributed by atoms with van der Waals surface area (Å²) in [6.07, 6.45) is 11.0. The first-order chi connectivity index (χ1) is 11.2. The molecule has 5 heteroatoms. The van der Waals surface area contributed by atoms with Gasteiger partial charge in [-0.25, -0.2) is 4.98 Å². The Kier molecular flexibility index (Phi) is 5.70. The molecular weight excluding hydrogens is 288 g/mol. The number of aromatic amines is 1. The van der Waals surface area contributed by atoms with Crippen LogP contribution in [0.4, 0.5) is 0 Å². The van der Waals surface area contributed by atoms with Gasteiger partial charge in [-0.2, -0.15) is 0 Å². The molecule has 0 atom stereocenters. The molecule has 2 heterocycles. The third-order valence-electron chi connectivity index (χ3n) is 5.38. The molecule has 0 aromatic carbocycles. The Labute approximate surface area is 139 Å². The number of carbonyl (C=O) groups is 1. The highest BCUT2D eigenvalue weighted by molar-refractivity contribution is 5.72. The number of likely N-dealkylation sites (tertiary alicyclic amines) is 1. The topological polar surface area (TPSA) is 61.0 Å². The number of H-pyrrole nitrogens is 1. The second kappa shape index (κ2) is 7.95. The number of hydrogen-bond donors (Lipinski definition) is 2. The molecule has 1 aromatic heterocycles. The minimum Gasteiger partial charge on any atom is -0.356 e. The molecule has 128 valence electrons. The molecule has 1 saturated heterocycles. The molecule has 1 aromatic rings. The summed E-state index contributed by atoms with van der Waals surface area (Å²) >= 11 is 0. The van der Waals surface area contributed by atoms with Gasteiger partial charge in [0, 0.05) is 38.3 Å². The lowest BCUT2D eigenvalue weighted by Crippen LogP contribution is -2.37. The van der Waals surface area contributed by atoms with Crippen molar-refractivity contribution < 1.29 is 4.79 Å². The number of piperidine rings is 1. The fourth-order valence-corrected chi connectivity index (χ4v) is 3.96. The minimum atomic E-state index is 0.0830. The molecule has 23 heavy (non-hydrogen) atoms. The summed E-state index contributed by atoms with van der Waals surface area (Å²) in [5.74, 6) is 2.74. The standard InChI is InChI=1S/C18H30N4O/c1-14(23)19-11-16-6-8-22(9-7-16)13-17-12-20-18(21-17)10-15-4-2-3-5-15/h12,15-16H,2-11,13H2,1H3,(H,19,23)(H,20,21). The average molecular weight is 318 g/mol. The first-order valence-corrected chi connectivity index (χ1v) is 9.18. The monoisotopic (exact) mass is 318 g/mol. The largest absolute Gasteiger partial charge is 0.356 e. The van der Waals surface area contributed by atoms with Crippen LogP contribution in [-0.4, -0.2) is 40.4 Å². The molecule has 2 aliphatic rings. The summed E-state index contributed by atoms with van der Waals surface area (Å²) in [5.41, 5.74) is 1.25. The highest BCUT2D eigenvalue weighted by Crippen LogP contribution is 2.27. The van der Waals surface area contributed by atoms with Crippen molar-refractivity contribution in [3.05, 3.63) is 17.7 Å². The number of nitrogens with zero attached hydrogens (tertiary/aromatic N) is 2. The average Bonchev–Trinajstić information content (AvgIpc) is 3.19. The zero-order valence-electron chi connectivity index (χ0n) is 14.3. The molecular formula is C18H30N4O. The third-order valence-corrected chi connectivity index (χ3v) is 5.38. The lowest BCUT2D eigenvalue weighted by molar-refractivity contribution is -0.119. The van der Waals surface area contributed by atoms with Crippen molar-refractivity contribution in [2.24, 2.45) is 11.8 Å². The van der Waals surface area contributed by atoms with E-state index < -0.39 is 0 Å². The van der Waals surface area contributed by atoms with Crippen LogP contribution in [0.25, 0.3) is 0 Å². The summed E-state index contributed by atoms with van der Waals surface area (Å²) in [6, 6.07) is 0. The van der Waals surface area contributed by atoms with Crippen molar-refractivity contribution in [2.45, 2.75) is 58.4 Å². The molecule has 1 saturated carbocycles. The van der Waals surface area contributed by atoms with Crippen molar-refractivity contribution in [3.63, 3.8) is 0 Å². The van der Waals surface area contributed by atoms with Crippen LogP contribution in [-0.2, 0) is 17.8 Å². The van der Waals surface area contributed by atoms with E-state index in [2.05, 4.69) is 20.2 Å². The minimum absolute atomic E-state index is 0.0830. The molecule has 3 rings (SSSR count). The molecule has 0 bridgehead atoms. The quantitative estimate of drug-likeness (QED) is 0.847. The van der Waals surface area contributed by atoms with Gasteiger partial charge in [0.2, 0.25) is 5.91 Å². The van der Waals surface area contributed by atoms with Gasteiger partial charge in [0.15, 0.2) is 0 Å².